The minimum atomic E-state index is -4.80. The molecule has 5 rings (SSSR count). The number of ether oxygens (including phenoxy) is 1. The molecule has 1 unspecified atom stereocenters. The van der Waals surface area contributed by atoms with E-state index in [0.29, 0.717) is 24.1 Å². The zero-order valence-corrected chi connectivity index (χ0v) is 25.0. The Labute approximate surface area is 265 Å². The normalized spacial score (nSPS) is 16.1. The van der Waals surface area contributed by atoms with Gasteiger partial charge in [0, 0.05) is 43.2 Å². The number of hydrogen-bond acceptors (Lipinski definition) is 6. The number of rotatable bonds is 12. The molecule has 0 saturated carbocycles. The lowest BCUT2D eigenvalue weighted by atomic mass is 10.00. The number of benzene rings is 3. The van der Waals surface area contributed by atoms with Crippen molar-refractivity contribution in [2.45, 2.75) is 50.4 Å². The van der Waals surface area contributed by atoms with Crippen LogP contribution in [0.25, 0.3) is 0 Å². The number of halogens is 3. The van der Waals surface area contributed by atoms with Crippen LogP contribution in [-0.2, 0) is 13.0 Å². The second-order valence-corrected chi connectivity index (χ2v) is 11.2. The van der Waals surface area contributed by atoms with Gasteiger partial charge in [-0.25, -0.2) is 0 Å². The predicted molar refractivity (Wildman–Crippen MR) is 166 cm³/mol. The molecule has 0 radical (unpaired) electrons. The average Bonchev–Trinajstić information content (AvgIpc) is 3.55. The first-order valence-corrected chi connectivity index (χ1v) is 15.1. The summed E-state index contributed by atoms with van der Waals surface area (Å²) in [5, 5.41) is 17.1. The number of aliphatic hydroxyl groups excluding tert-OH is 1. The van der Waals surface area contributed by atoms with Crippen molar-refractivity contribution in [2.24, 2.45) is 0 Å². The van der Waals surface area contributed by atoms with Crippen LogP contribution >= 0.6 is 0 Å². The van der Waals surface area contributed by atoms with Crippen molar-refractivity contribution in [3.8, 4) is 5.75 Å². The van der Waals surface area contributed by atoms with Gasteiger partial charge in [0.25, 0.3) is 11.8 Å². The van der Waals surface area contributed by atoms with Crippen LogP contribution in [-0.4, -0.2) is 58.4 Å². The Morgan fingerprint density at radius 2 is 1.65 bits per heavy atom. The minimum Gasteiger partial charge on any atom is -0.406 e. The molecule has 46 heavy (non-hydrogen) atoms. The van der Waals surface area contributed by atoms with E-state index in [1.54, 1.807) is 42.7 Å². The van der Waals surface area contributed by atoms with Crippen LogP contribution in [0, 0.1) is 0 Å². The van der Waals surface area contributed by atoms with Crippen molar-refractivity contribution in [1.29, 1.82) is 0 Å². The van der Waals surface area contributed by atoms with Crippen LogP contribution in [0.2, 0.25) is 0 Å². The van der Waals surface area contributed by atoms with Gasteiger partial charge in [-0.3, -0.25) is 14.6 Å². The number of pyridine rings is 1. The van der Waals surface area contributed by atoms with E-state index < -0.39 is 24.4 Å². The molecular formula is C35H35F3N4O4. The Hall–Kier alpha value is -4.74. The second-order valence-electron chi connectivity index (χ2n) is 11.2. The van der Waals surface area contributed by atoms with Gasteiger partial charge in [-0.1, -0.05) is 48.5 Å². The smallest absolute Gasteiger partial charge is 0.406 e. The molecular weight excluding hydrogens is 597 g/mol. The second kappa shape index (κ2) is 15.0. The number of aliphatic hydroxyl groups is 1. The van der Waals surface area contributed by atoms with E-state index >= 15 is 0 Å². The third-order valence-corrected chi connectivity index (χ3v) is 7.87. The number of aromatic nitrogens is 1. The lowest BCUT2D eigenvalue weighted by Gasteiger charge is -2.26. The number of nitrogens with zero attached hydrogens (tertiary/aromatic N) is 2. The monoisotopic (exact) mass is 632 g/mol. The van der Waals surface area contributed by atoms with E-state index in [4.69, 9.17) is 0 Å². The van der Waals surface area contributed by atoms with Gasteiger partial charge in [-0.2, -0.15) is 0 Å². The summed E-state index contributed by atoms with van der Waals surface area (Å²) in [5.41, 5.74) is 3.12. The van der Waals surface area contributed by atoms with Gasteiger partial charge in [-0.15, -0.1) is 13.2 Å². The molecule has 1 aliphatic heterocycles. The van der Waals surface area contributed by atoms with Gasteiger partial charge >= 0.3 is 6.36 Å². The summed E-state index contributed by atoms with van der Waals surface area (Å²) in [6, 6.07) is 24.5. The Balaban J connectivity index is 1.25. The van der Waals surface area contributed by atoms with E-state index in [1.165, 1.54) is 18.2 Å². The lowest BCUT2D eigenvalue weighted by Crippen LogP contribution is -2.48. The Bertz CT molecular complexity index is 1600. The van der Waals surface area contributed by atoms with Gasteiger partial charge in [0.05, 0.1) is 18.2 Å². The summed E-state index contributed by atoms with van der Waals surface area (Å²) in [5.74, 6) is -0.942. The van der Waals surface area contributed by atoms with Crippen molar-refractivity contribution < 1.29 is 32.6 Å². The number of carbonyl (C=O) groups is 2. The Morgan fingerprint density at radius 1 is 0.935 bits per heavy atom. The van der Waals surface area contributed by atoms with Gasteiger partial charge in [0.2, 0.25) is 0 Å². The largest absolute Gasteiger partial charge is 0.573 e. The zero-order chi connectivity index (χ0) is 32.5. The van der Waals surface area contributed by atoms with Crippen molar-refractivity contribution in [2.75, 3.05) is 13.1 Å². The fourth-order valence-electron chi connectivity index (χ4n) is 5.66. The lowest BCUT2D eigenvalue weighted by molar-refractivity contribution is -0.274. The van der Waals surface area contributed by atoms with Crippen LogP contribution in [0.1, 0.15) is 56.3 Å². The molecule has 1 fully saturated rings. The van der Waals surface area contributed by atoms with Gasteiger partial charge in [-0.05, 0) is 78.4 Å². The molecule has 0 aliphatic carbocycles. The SMILES string of the molecule is O=C(N[C@@H](Cc1ccccc1)[C@@H](O)CNCc1cccc(OC(F)(F)F)c1)c1cccc(C(=O)N2CCCC2c2ccncc2)c1. The van der Waals surface area contributed by atoms with Crippen molar-refractivity contribution in [3.05, 3.63) is 131 Å². The molecule has 8 nitrogen and oxygen atoms in total. The molecule has 240 valence electrons. The van der Waals surface area contributed by atoms with E-state index in [0.717, 1.165) is 24.0 Å². The molecule has 3 N–H and O–H groups in total. The van der Waals surface area contributed by atoms with E-state index in [2.05, 4.69) is 20.4 Å². The van der Waals surface area contributed by atoms with Crippen LogP contribution < -0.4 is 15.4 Å². The molecule has 1 aliphatic rings. The average molecular weight is 633 g/mol. The molecule has 2 amide bonds. The summed E-state index contributed by atoms with van der Waals surface area (Å²) >= 11 is 0. The maximum Gasteiger partial charge on any atom is 0.573 e. The molecule has 0 bridgehead atoms. The first-order chi connectivity index (χ1) is 22.2. The third-order valence-electron chi connectivity index (χ3n) is 7.87. The van der Waals surface area contributed by atoms with E-state index in [1.807, 2.05) is 47.4 Å². The quantitative estimate of drug-likeness (QED) is 0.192. The maximum absolute atomic E-state index is 13.6. The predicted octanol–water partition coefficient (Wildman–Crippen LogP) is 5.45. The summed E-state index contributed by atoms with van der Waals surface area (Å²) < 4.78 is 41.8. The van der Waals surface area contributed by atoms with Crippen molar-refractivity contribution in [3.63, 3.8) is 0 Å². The van der Waals surface area contributed by atoms with Crippen molar-refractivity contribution in [1.82, 2.24) is 20.5 Å². The van der Waals surface area contributed by atoms with Gasteiger partial charge < -0.3 is 25.4 Å². The highest BCUT2D eigenvalue weighted by molar-refractivity contribution is 6.00. The van der Waals surface area contributed by atoms with Crippen LogP contribution in [0.5, 0.6) is 5.75 Å². The molecule has 0 spiro atoms. The van der Waals surface area contributed by atoms with Crippen LogP contribution in [0.4, 0.5) is 13.2 Å². The van der Waals surface area contributed by atoms with E-state index in [9.17, 15) is 27.9 Å². The highest BCUT2D eigenvalue weighted by Gasteiger charge is 2.32. The Kier molecular flexibility index (Phi) is 10.7. The van der Waals surface area contributed by atoms with Gasteiger partial charge in [0.1, 0.15) is 5.75 Å². The molecule has 1 aromatic heterocycles. The molecule has 11 heteroatoms. The highest BCUT2D eigenvalue weighted by atomic mass is 19.4. The summed E-state index contributed by atoms with van der Waals surface area (Å²) in [6.45, 7) is 0.825. The van der Waals surface area contributed by atoms with Crippen LogP contribution in [0.15, 0.2) is 103 Å². The molecule has 3 atom stereocenters. The fourth-order valence-corrected chi connectivity index (χ4v) is 5.66. The topological polar surface area (TPSA) is 104 Å². The third kappa shape index (κ3) is 8.92. The fraction of sp³-hybridized carbons (Fsp3) is 0.286. The van der Waals surface area contributed by atoms with Gasteiger partial charge in [0.15, 0.2) is 0 Å². The number of carbonyl (C=O) groups excluding carboxylic acids is 2. The maximum atomic E-state index is 13.6. The molecule has 1 saturated heterocycles. The first kappa shape index (κ1) is 32.6. The van der Waals surface area contributed by atoms with Crippen LogP contribution in [0.3, 0.4) is 0 Å². The summed E-state index contributed by atoms with van der Waals surface area (Å²) in [6.07, 6.45) is -0.383. The first-order valence-electron chi connectivity index (χ1n) is 15.1. The number of likely N-dealkylation sites (tertiary alicyclic amines) is 1. The molecule has 2 heterocycles. The standard InChI is InChI=1S/C35H35F3N4O4/c36-35(37,38)46-29-12-4-9-25(19-29)22-40-23-32(43)30(20-24-7-2-1-3-8-24)41-33(44)27-10-5-11-28(21-27)34(45)42-18-6-13-31(42)26-14-16-39-17-15-26/h1-5,7-12,14-17,19,21,30-32,40,43H,6,13,18,20,22-23H2,(H,41,44)/t30-,31?,32-/m0/s1. The number of alkyl halides is 3. The molecule has 3 aromatic carbocycles. The number of amides is 2. The minimum absolute atomic E-state index is 0.0476. The van der Waals surface area contributed by atoms with Crippen molar-refractivity contribution >= 4 is 11.8 Å². The Morgan fingerprint density at radius 3 is 2.41 bits per heavy atom. The summed E-state index contributed by atoms with van der Waals surface area (Å²) in [4.78, 5) is 33.0. The highest BCUT2D eigenvalue weighted by Crippen LogP contribution is 2.33. The molecule has 4 aromatic rings. The number of nitrogens with one attached hydrogen (secondary N) is 2. The van der Waals surface area contributed by atoms with E-state index in [-0.39, 0.29) is 36.4 Å². The zero-order valence-electron chi connectivity index (χ0n) is 25.0. The number of hydrogen-bond donors (Lipinski definition) is 3. The summed E-state index contributed by atoms with van der Waals surface area (Å²) in [7, 11) is 0.